The topological polar surface area (TPSA) is 15.3 Å². The Balaban J connectivity index is 1.82. The summed E-state index contributed by atoms with van der Waals surface area (Å²) in [4.78, 5) is 2.76. The van der Waals surface area contributed by atoms with Crippen LogP contribution in [0, 0.1) is 5.92 Å². The van der Waals surface area contributed by atoms with Gasteiger partial charge in [-0.25, -0.2) is 0 Å². The van der Waals surface area contributed by atoms with Crippen LogP contribution in [0.2, 0.25) is 0 Å². The Morgan fingerprint density at radius 1 is 1.19 bits per heavy atom. The van der Waals surface area contributed by atoms with E-state index in [2.05, 4.69) is 42.7 Å². The van der Waals surface area contributed by atoms with Crippen molar-refractivity contribution in [2.75, 3.05) is 26.2 Å². The molecule has 2 fully saturated rings. The normalized spacial score (nSPS) is 40.7. The number of thioether (sulfide) groups is 1. The van der Waals surface area contributed by atoms with E-state index in [0.29, 0.717) is 0 Å². The molecule has 0 aromatic carbocycles. The Morgan fingerprint density at radius 2 is 1.88 bits per heavy atom. The zero-order chi connectivity index (χ0) is 11.5. The van der Waals surface area contributed by atoms with Crippen molar-refractivity contribution in [3.05, 3.63) is 0 Å². The highest BCUT2D eigenvalue weighted by molar-refractivity contribution is 8.00. The van der Waals surface area contributed by atoms with Crippen molar-refractivity contribution >= 4 is 11.8 Å². The number of nitrogens with one attached hydrogen (secondary N) is 1. The molecule has 94 valence electrons. The minimum Gasteiger partial charge on any atom is -0.317 e. The molecular formula is C13H26N2S. The predicted molar refractivity (Wildman–Crippen MR) is 73.1 cm³/mol. The van der Waals surface area contributed by atoms with Crippen LogP contribution >= 0.6 is 11.8 Å². The molecule has 3 heteroatoms. The first kappa shape index (κ1) is 12.7. The minimum absolute atomic E-state index is 0.823. The molecule has 16 heavy (non-hydrogen) atoms. The largest absolute Gasteiger partial charge is 0.317 e. The molecule has 4 unspecified atom stereocenters. The molecule has 2 aliphatic rings. The molecule has 0 amide bonds. The van der Waals surface area contributed by atoms with Crippen molar-refractivity contribution < 1.29 is 0 Å². The van der Waals surface area contributed by atoms with Crippen molar-refractivity contribution in [2.24, 2.45) is 5.92 Å². The van der Waals surface area contributed by atoms with E-state index >= 15 is 0 Å². The van der Waals surface area contributed by atoms with Gasteiger partial charge in [0.15, 0.2) is 0 Å². The quantitative estimate of drug-likeness (QED) is 0.813. The van der Waals surface area contributed by atoms with Gasteiger partial charge in [0.1, 0.15) is 0 Å². The van der Waals surface area contributed by atoms with E-state index in [1.807, 2.05) is 0 Å². The maximum atomic E-state index is 3.51. The van der Waals surface area contributed by atoms with Crippen molar-refractivity contribution in [3.8, 4) is 0 Å². The van der Waals surface area contributed by atoms with Gasteiger partial charge in [0.2, 0.25) is 0 Å². The SMILES string of the molecule is CCNCC1CCC1N1CC(C)SC(C)C1. The molecule has 2 nitrogen and oxygen atoms in total. The maximum Gasteiger partial charge on any atom is 0.0149 e. The van der Waals surface area contributed by atoms with Crippen LogP contribution in [-0.2, 0) is 0 Å². The maximum absolute atomic E-state index is 3.51. The summed E-state index contributed by atoms with van der Waals surface area (Å²) in [7, 11) is 0. The molecule has 1 heterocycles. The van der Waals surface area contributed by atoms with E-state index < -0.39 is 0 Å². The second-order valence-corrected chi connectivity index (χ2v) is 7.31. The van der Waals surface area contributed by atoms with Gasteiger partial charge in [-0.15, -0.1) is 0 Å². The van der Waals surface area contributed by atoms with Gasteiger partial charge < -0.3 is 5.32 Å². The molecule has 4 atom stereocenters. The third-order valence-corrected chi connectivity index (χ3v) is 5.18. The molecule has 1 aliphatic carbocycles. The summed E-state index contributed by atoms with van der Waals surface area (Å²) in [6.07, 6.45) is 2.87. The smallest absolute Gasteiger partial charge is 0.0149 e. The van der Waals surface area contributed by atoms with Crippen molar-refractivity contribution in [1.29, 1.82) is 0 Å². The molecule has 1 saturated heterocycles. The first-order valence-electron chi connectivity index (χ1n) is 6.81. The number of rotatable bonds is 4. The van der Waals surface area contributed by atoms with Gasteiger partial charge in [-0.1, -0.05) is 20.8 Å². The molecule has 0 aromatic rings. The highest BCUT2D eigenvalue weighted by Gasteiger charge is 2.37. The second-order valence-electron chi connectivity index (χ2n) is 5.42. The van der Waals surface area contributed by atoms with Crippen molar-refractivity contribution in [1.82, 2.24) is 10.2 Å². The molecule has 2 rings (SSSR count). The molecule has 0 radical (unpaired) electrons. The Morgan fingerprint density at radius 3 is 2.38 bits per heavy atom. The summed E-state index contributed by atoms with van der Waals surface area (Å²) in [6, 6.07) is 0.879. The van der Waals surface area contributed by atoms with Gasteiger partial charge in [-0.05, 0) is 31.8 Å². The zero-order valence-corrected chi connectivity index (χ0v) is 11.7. The minimum atomic E-state index is 0.823. The van der Waals surface area contributed by atoms with Gasteiger partial charge in [-0.2, -0.15) is 11.8 Å². The molecule has 0 spiro atoms. The summed E-state index contributed by atoms with van der Waals surface area (Å²) in [5, 5.41) is 5.16. The number of hydrogen-bond donors (Lipinski definition) is 1. The lowest BCUT2D eigenvalue weighted by Crippen LogP contribution is -2.55. The molecule has 1 aliphatic heterocycles. The second kappa shape index (κ2) is 5.74. The highest BCUT2D eigenvalue weighted by Crippen LogP contribution is 2.36. The Kier molecular flexibility index (Phi) is 4.57. The first-order valence-corrected chi connectivity index (χ1v) is 7.75. The van der Waals surface area contributed by atoms with E-state index in [1.165, 1.54) is 32.5 Å². The standard InChI is InChI=1S/C13H26N2S/c1-4-14-7-12-5-6-13(12)15-8-10(2)16-11(3)9-15/h10-14H,4-9H2,1-3H3. The summed E-state index contributed by atoms with van der Waals surface area (Å²) in [6.45, 7) is 11.9. The lowest BCUT2D eigenvalue weighted by Gasteiger charge is -2.48. The average molecular weight is 242 g/mol. The van der Waals surface area contributed by atoms with Crippen LogP contribution in [0.15, 0.2) is 0 Å². The fourth-order valence-electron chi connectivity index (χ4n) is 3.09. The third kappa shape index (κ3) is 2.93. The monoisotopic (exact) mass is 242 g/mol. The molecule has 1 saturated carbocycles. The average Bonchev–Trinajstić information content (AvgIpc) is 2.14. The predicted octanol–water partition coefficient (Wildman–Crippen LogP) is 2.20. The van der Waals surface area contributed by atoms with Crippen LogP contribution in [0.1, 0.15) is 33.6 Å². The number of nitrogens with zero attached hydrogens (tertiary/aromatic N) is 1. The highest BCUT2D eigenvalue weighted by atomic mass is 32.2. The van der Waals surface area contributed by atoms with Gasteiger partial charge in [-0.3, -0.25) is 4.90 Å². The molecule has 0 aromatic heterocycles. The van der Waals surface area contributed by atoms with Gasteiger partial charge in [0.25, 0.3) is 0 Å². The van der Waals surface area contributed by atoms with Crippen LogP contribution in [0.5, 0.6) is 0 Å². The van der Waals surface area contributed by atoms with E-state index in [1.54, 1.807) is 0 Å². The van der Waals surface area contributed by atoms with E-state index in [4.69, 9.17) is 0 Å². The Bertz CT molecular complexity index is 212. The molecule has 0 bridgehead atoms. The van der Waals surface area contributed by atoms with Gasteiger partial charge in [0, 0.05) is 29.6 Å². The first-order chi connectivity index (χ1) is 7.70. The summed E-state index contributed by atoms with van der Waals surface area (Å²) in [5.74, 6) is 0.919. The molecule has 1 N–H and O–H groups in total. The van der Waals surface area contributed by atoms with Crippen molar-refractivity contribution in [2.45, 2.75) is 50.2 Å². The van der Waals surface area contributed by atoms with Crippen LogP contribution in [0.3, 0.4) is 0 Å². The van der Waals surface area contributed by atoms with E-state index in [0.717, 1.165) is 29.0 Å². The third-order valence-electron chi connectivity index (χ3n) is 3.95. The van der Waals surface area contributed by atoms with E-state index in [9.17, 15) is 0 Å². The zero-order valence-electron chi connectivity index (χ0n) is 10.9. The lowest BCUT2D eigenvalue weighted by molar-refractivity contribution is 0.0609. The van der Waals surface area contributed by atoms with Crippen LogP contribution in [-0.4, -0.2) is 47.6 Å². The summed E-state index contributed by atoms with van der Waals surface area (Å²) in [5.41, 5.74) is 0. The Hall–Kier alpha value is 0.270. The lowest BCUT2D eigenvalue weighted by atomic mass is 9.78. The van der Waals surface area contributed by atoms with Crippen LogP contribution in [0.4, 0.5) is 0 Å². The van der Waals surface area contributed by atoms with E-state index in [-0.39, 0.29) is 0 Å². The number of hydrogen-bond acceptors (Lipinski definition) is 3. The van der Waals surface area contributed by atoms with Crippen LogP contribution < -0.4 is 5.32 Å². The van der Waals surface area contributed by atoms with Gasteiger partial charge >= 0.3 is 0 Å². The fourth-order valence-corrected chi connectivity index (χ4v) is 4.44. The summed E-state index contributed by atoms with van der Waals surface area (Å²) >= 11 is 2.16. The van der Waals surface area contributed by atoms with Gasteiger partial charge in [0.05, 0.1) is 0 Å². The fraction of sp³-hybridized carbons (Fsp3) is 1.00. The molecular weight excluding hydrogens is 216 g/mol. The van der Waals surface area contributed by atoms with Crippen molar-refractivity contribution in [3.63, 3.8) is 0 Å². The van der Waals surface area contributed by atoms with Crippen LogP contribution in [0.25, 0.3) is 0 Å². The Labute approximate surface area is 105 Å². The summed E-state index contributed by atoms with van der Waals surface area (Å²) < 4.78 is 0.